The average Bonchev–Trinajstić information content (AvgIpc) is 3.62. The van der Waals surface area contributed by atoms with Gasteiger partial charge in [0.25, 0.3) is 11.8 Å². The molecule has 3 aliphatic heterocycles. The lowest BCUT2D eigenvalue weighted by Crippen LogP contribution is -2.56. The smallest absolute Gasteiger partial charge is 0.258 e. The number of hydrogen-bond donors (Lipinski definition) is 2. The summed E-state index contributed by atoms with van der Waals surface area (Å²) in [6.45, 7) is 3.13. The first-order valence-electron chi connectivity index (χ1n) is 15.8. The zero-order valence-corrected chi connectivity index (χ0v) is 25.9. The summed E-state index contributed by atoms with van der Waals surface area (Å²) in [6, 6.07) is 27.0. The highest BCUT2D eigenvalue weighted by Gasteiger charge is 2.33. The van der Waals surface area contributed by atoms with Crippen molar-refractivity contribution < 1.29 is 19.1 Å². The first kappa shape index (κ1) is 30.2. The van der Waals surface area contributed by atoms with Crippen molar-refractivity contribution in [1.82, 2.24) is 30.3 Å². The number of pyridine rings is 1. The molecule has 238 valence electrons. The molecule has 3 aliphatic rings. The number of rotatable bonds is 4. The van der Waals surface area contributed by atoms with E-state index in [1.165, 1.54) is 11.1 Å². The van der Waals surface area contributed by atoms with Gasteiger partial charge in [-0.25, -0.2) is 0 Å². The molecule has 10 heteroatoms. The van der Waals surface area contributed by atoms with Crippen LogP contribution in [0.4, 0.5) is 0 Å². The molecule has 2 atom stereocenters. The Bertz CT molecular complexity index is 1840. The largest absolute Gasteiger partial charge is 0.488 e. The molecule has 10 nitrogen and oxygen atoms in total. The van der Waals surface area contributed by atoms with Gasteiger partial charge >= 0.3 is 0 Å². The number of piperidine rings is 1. The van der Waals surface area contributed by atoms with Gasteiger partial charge in [0, 0.05) is 56.5 Å². The summed E-state index contributed by atoms with van der Waals surface area (Å²) >= 11 is 0. The van der Waals surface area contributed by atoms with E-state index in [9.17, 15) is 9.59 Å². The molecule has 5 aromatic rings. The van der Waals surface area contributed by atoms with Crippen LogP contribution in [0.2, 0.25) is 0 Å². The van der Waals surface area contributed by atoms with Crippen LogP contribution < -0.4 is 20.1 Å². The van der Waals surface area contributed by atoms with E-state index in [1.54, 1.807) is 24.7 Å². The minimum atomic E-state index is -0.278. The van der Waals surface area contributed by atoms with E-state index < -0.39 is 0 Å². The fraction of sp³-hybridized carbons (Fsp3) is 0.243. The van der Waals surface area contributed by atoms with Gasteiger partial charge in [0.1, 0.15) is 17.6 Å². The monoisotopic (exact) mass is 628 g/mol. The number of aromatic nitrogens is 3. The van der Waals surface area contributed by atoms with Crippen LogP contribution in [0.3, 0.4) is 0 Å². The standard InChI is InChI=1S/C37H36N6O4/c44-36-25-46-33-8-3-7-27(18-33)30-17-31(21-38-20-30)37(45)41-34-24-42(16-13-35(34)47-32-11-9-26(10-12-32)19-39-36)22-28-5-1-2-6-29(28)23-43-15-4-14-40-43/h1-12,14-15,17-18,20-21,34-35H,13,16,19,22-25H2,(H,39,44)(H,41,45)/t34-,35+/m1/s1. The molecule has 0 spiro atoms. The quantitative estimate of drug-likeness (QED) is 0.303. The Morgan fingerprint density at radius 1 is 0.830 bits per heavy atom. The lowest BCUT2D eigenvalue weighted by atomic mass is 9.99. The number of carbonyl (C=O) groups excluding carboxylic acids is 2. The van der Waals surface area contributed by atoms with Crippen LogP contribution >= 0.6 is 0 Å². The van der Waals surface area contributed by atoms with Crippen molar-refractivity contribution in [3.8, 4) is 22.6 Å². The van der Waals surface area contributed by atoms with Gasteiger partial charge < -0.3 is 20.1 Å². The van der Waals surface area contributed by atoms with Gasteiger partial charge in [-0.2, -0.15) is 5.10 Å². The van der Waals surface area contributed by atoms with Gasteiger partial charge in [0.2, 0.25) is 0 Å². The average molecular weight is 629 g/mol. The van der Waals surface area contributed by atoms with Crippen LogP contribution in [0.15, 0.2) is 110 Å². The predicted octanol–water partition coefficient (Wildman–Crippen LogP) is 4.45. The highest BCUT2D eigenvalue weighted by Crippen LogP contribution is 2.26. The van der Waals surface area contributed by atoms with Crippen molar-refractivity contribution >= 4 is 11.8 Å². The summed E-state index contributed by atoms with van der Waals surface area (Å²) in [6.07, 6.45) is 7.55. The highest BCUT2D eigenvalue weighted by atomic mass is 16.5. The molecule has 1 saturated heterocycles. The summed E-state index contributed by atoms with van der Waals surface area (Å²) < 4.78 is 14.2. The molecule has 2 aromatic heterocycles. The Morgan fingerprint density at radius 3 is 2.49 bits per heavy atom. The second kappa shape index (κ2) is 13.9. The van der Waals surface area contributed by atoms with Crippen molar-refractivity contribution in [1.29, 1.82) is 0 Å². The molecule has 2 amide bonds. The molecule has 5 heterocycles. The fourth-order valence-electron chi connectivity index (χ4n) is 6.10. The molecule has 0 saturated carbocycles. The van der Waals surface area contributed by atoms with Crippen molar-refractivity contribution in [3.63, 3.8) is 0 Å². The Hall–Kier alpha value is -5.48. The zero-order chi connectivity index (χ0) is 32.0. The third-order valence-electron chi connectivity index (χ3n) is 8.59. The van der Waals surface area contributed by atoms with Crippen LogP contribution in [-0.2, 0) is 24.4 Å². The van der Waals surface area contributed by atoms with Crippen LogP contribution in [0, 0.1) is 0 Å². The highest BCUT2D eigenvalue weighted by molar-refractivity contribution is 5.95. The summed E-state index contributed by atoms with van der Waals surface area (Å²) in [5.74, 6) is 0.832. The number of benzene rings is 3. The van der Waals surface area contributed by atoms with E-state index in [1.807, 2.05) is 65.5 Å². The number of nitrogens with one attached hydrogen (secondary N) is 2. The molecular weight excluding hydrogens is 592 g/mol. The second-order valence-electron chi connectivity index (χ2n) is 11.9. The molecule has 0 radical (unpaired) electrons. The van der Waals surface area contributed by atoms with Crippen molar-refractivity contribution in [2.24, 2.45) is 0 Å². The molecule has 1 fully saturated rings. The second-order valence-corrected chi connectivity index (χ2v) is 11.9. The first-order valence-corrected chi connectivity index (χ1v) is 15.8. The Balaban J connectivity index is 1.16. The molecule has 0 unspecified atom stereocenters. The van der Waals surface area contributed by atoms with Crippen LogP contribution in [-0.4, -0.2) is 63.3 Å². The summed E-state index contributed by atoms with van der Waals surface area (Å²) in [5, 5.41) is 10.6. The Kier molecular flexibility index (Phi) is 8.92. The lowest BCUT2D eigenvalue weighted by molar-refractivity contribution is -0.123. The third-order valence-corrected chi connectivity index (χ3v) is 8.59. The van der Waals surface area contributed by atoms with Crippen LogP contribution in [0.5, 0.6) is 11.5 Å². The topological polar surface area (TPSA) is 111 Å². The zero-order valence-electron chi connectivity index (χ0n) is 25.9. The van der Waals surface area contributed by atoms with Gasteiger partial charge in [-0.05, 0) is 65.1 Å². The fourth-order valence-corrected chi connectivity index (χ4v) is 6.10. The van der Waals surface area contributed by atoms with Gasteiger partial charge in [0.15, 0.2) is 6.61 Å². The third kappa shape index (κ3) is 7.50. The normalized spacial score (nSPS) is 18.6. The van der Waals surface area contributed by atoms with Crippen LogP contribution in [0.1, 0.15) is 33.5 Å². The Morgan fingerprint density at radius 2 is 1.66 bits per heavy atom. The van der Waals surface area contributed by atoms with E-state index in [-0.39, 0.29) is 30.6 Å². The van der Waals surface area contributed by atoms with Crippen molar-refractivity contribution in [3.05, 3.63) is 132 Å². The van der Waals surface area contributed by atoms with Gasteiger partial charge in [-0.1, -0.05) is 48.5 Å². The molecule has 47 heavy (non-hydrogen) atoms. The van der Waals surface area contributed by atoms with E-state index in [0.29, 0.717) is 36.7 Å². The predicted molar refractivity (Wildman–Crippen MR) is 177 cm³/mol. The Labute approximate surface area is 273 Å². The number of carbonyl (C=O) groups is 2. The van der Waals surface area contributed by atoms with E-state index in [4.69, 9.17) is 9.47 Å². The van der Waals surface area contributed by atoms with Crippen LogP contribution in [0.25, 0.3) is 11.1 Å². The molecule has 3 aromatic carbocycles. The number of nitrogens with zero attached hydrogens (tertiary/aromatic N) is 4. The van der Waals surface area contributed by atoms with E-state index in [0.717, 1.165) is 36.2 Å². The number of hydrogen-bond acceptors (Lipinski definition) is 7. The number of ether oxygens (including phenoxy) is 2. The maximum absolute atomic E-state index is 13.8. The minimum absolute atomic E-state index is 0.110. The molecule has 2 N–H and O–H groups in total. The molecule has 0 aliphatic carbocycles. The molecule has 6 bridgehead atoms. The van der Waals surface area contributed by atoms with Gasteiger partial charge in [-0.15, -0.1) is 0 Å². The minimum Gasteiger partial charge on any atom is -0.488 e. The SMILES string of the molecule is O=C1COc2cccc(c2)-c2cncc(c2)C(=O)N[C@@H]2CN(Cc3ccccc3Cn3cccn3)CC[C@@H]2Oc2ccc(cc2)CN1. The summed E-state index contributed by atoms with van der Waals surface area (Å²) in [7, 11) is 0. The molecule has 8 rings (SSSR count). The maximum Gasteiger partial charge on any atom is 0.258 e. The summed E-state index contributed by atoms with van der Waals surface area (Å²) in [5.41, 5.74) is 5.44. The van der Waals surface area contributed by atoms with E-state index >= 15 is 0 Å². The maximum atomic E-state index is 13.8. The number of amides is 2. The first-order chi connectivity index (χ1) is 23.1. The number of likely N-dealkylation sites (tertiary alicyclic amines) is 1. The molecular formula is C37H36N6O4. The summed E-state index contributed by atoms with van der Waals surface area (Å²) in [4.78, 5) is 33.0. The van der Waals surface area contributed by atoms with E-state index in [2.05, 4.69) is 49.9 Å². The van der Waals surface area contributed by atoms with Gasteiger partial charge in [0.05, 0.1) is 18.2 Å². The number of fused-ring (bicyclic) bond motifs is 7. The van der Waals surface area contributed by atoms with Gasteiger partial charge in [-0.3, -0.25) is 24.2 Å². The lowest BCUT2D eigenvalue weighted by Gasteiger charge is -2.39. The van der Waals surface area contributed by atoms with Crippen molar-refractivity contribution in [2.45, 2.75) is 38.2 Å². The van der Waals surface area contributed by atoms with Crippen molar-refractivity contribution in [2.75, 3.05) is 19.7 Å².